The fourth-order valence-corrected chi connectivity index (χ4v) is 3.05. The van der Waals surface area contributed by atoms with E-state index in [0.29, 0.717) is 6.54 Å². The van der Waals surface area contributed by atoms with Gasteiger partial charge in [-0.25, -0.2) is 0 Å². The summed E-state index contributed by atoms with van der Waals surface area (Å²) in [6, 6.07) is 12.8. The number of carbonyl (C=O) groups is 1. The van der Waals surface area contributed by atoms with E-state index < -0.39 is 10.8 Å². The molecule has 23 heavy (non-hydrogen) atoms. The van der Waals surface area contributed by atoms with Crippen LogP contribution in [0.3, 0.4) is 0 Å². The summed E-state index contributed by atoms with van der Waals surface area (Å²) in [5, 5.41) is 10.7. The standard InChI is InChI=1S/C17H18N2O4/c20-17(15-9-10-16(23-15)19(21)22)18-11-5-4-8-14(18)12-13-6-2-1-3-7-13/h1-3,6-7,9-10,14H,4-5,8,11-12H2/t14-/m1/s1. The molecule has 2 aromatic rings. The molecule has 1 fully saturated rings. The molecule has 0 saturated carbocycles. The van der Waals surface area contributed by atoms with Crippen molar-refractivity contribution >= 4 is 11.8 Å². The van der Waals surface area contributed by atoms with E-state index in [0.717, 1.165) is 25.7 Å². The van der Waals surface area contributed by atoms with Gasteiger partial charge >= 0.3 is 5.88 Å². The first-order valence-electron chi connectivity index (χ1n) is 7.74. The Labute approximate surface area is 133 Å². The van der Waals surface area contributed by atoms with E-state index in [9.17, 15) is 14.9 Å². The maximum absolute atomic E-state index is 12.6. The second kappa shape index (κ2) is 6.64. The largest absolute Gasteiger partial charge is 0.433 e. The molecule has 6 nitrogen and oxygen atoms in total. The Kier molecular flexibility index (Phi) is 4.41. The highest BCUT2D eigenvalue weighted by molar-refractivity contribution is 5.92. The van der Waals surface area contributed by atoms with Crippen LogP contribution in [0.4, 0.5) is 5.88 Å². The summed E-state index contributed by atoms with van der Waals surface area (Å²) in [5.74, 6) is -0.625. The monoisotopic (exact) mass is 314 g/mol. The van der Waals surface area contributed by atoms with Gasteiger partial charge in [-0.15, -0.1) is 0 Å². The quantitative estimate of drug-likeness (QED) is 0.640. The van der Waals surface area contributed by atoms with Gasteiger partial charge in [0.2, 0.25) is 0 Å². The summed E-state index contributed by atoms with van der Waals surface area (Å²) in [7, 11) is 0. The third-order valence-electron chi connectivity index (χ3n) is 4.18. The zero-order valence-electron chi connectivity index (χ0n) is 12.7. The highest BCUT2D eigenvalue weighted by Gasteiger charge is 2.30. The number of carbonyl (C=O) groups excluding carboxylic acids is 1. The van der Waals surface area contributed by atoms with Gasteiger partial charge in [0.15, 0.2) is 5.76 Å². The van der Waals surface area contributed by atoms with Crippen LogP contribution < -0.4 is 0 Å². The van der Waals surface area contributed by atoms with E-state index in [1.165, 1.54) is 17.7 Å². The lowest BCUT2D eigenvalue weighted by molar-refractivity contribution is -0.402. The highest BCUT2D eigenvalue weighted by atomic mass is 16.6. The van der Waals surface area contributed by atoms with Crippen LogP contribution in [0.5, 0.6) is 0 Å². The summed E-state index contributed by atoms with van der Waals surface area (Å²) in [4.78, 5) is 24.5. The summed E-state index contributed by atoms with van der Waals surface area (Å²) >= 11 is 0. The fourth-order valence-electron chi connectivity index (χ4n) is 3.05. The minimum atomic E-state index is -0.631. The van der Waals surface area contributed by atoms with Crippen LogP contribution >= 0.6 is 0 Å². The second-order valence-corrected chi connectivity index (χ2v) is 5.73. The van der Waals surface area contributed by atoms with Crippen LogP contribution in [0.15, 0.2) is 46.9 Å². The Balaban J connectivity index is 1.77. The van der Waals surface area contributed by atoms with Crippen molar-refractivity contribution in [2.75, 3.05) is 6.54 Å². The van der Waals surface area contributed by atoms with E-state index in [2.05, 4.69) is 12.1 Å². The van der Waals surface area contributed by atoms with E-state index in [-0.39, 0.29) is 17.7 Å². The molecule has 0 aliphatic carbocycles. The van der Waals surface area contributed by atoms with Gasteiger partial charge in [0, 0.05) is 12.6 Å². The van der Waals surface area contributed by atoms with Gasteiger partial charge in [0.05, 0.1) is 6.07 Å². The van der Waals surface area contributed by atoms with Crippen LogP contribution in [0, 0.1) is 10.1 Å². The Hall–Kier alpha value is -2.63. The van der Waals surface area contributed by atoms with Gasteiger partial charge < -0.3 is 9.32 Å². The minimum Gasteiger partial charge on any atom is -0.395 e. The van der Waals surface area contributed by atoms with Crippen molar-refractivity contribution in [3.05, 3.63) is 63.9 Å². The molecule has 1 aliphatic rings. The zero-order valence-corrected chi connectivity index (χ0v) is 12.7. The predicted molar refractivity (Wildman–Crippen MR) is 84.2 cm³/mol. The first-order valence-corrected chi connectivity index (χ1v) is 7.74. The number of likely N-dealkylation sites (tertiary alicyclic amines) is 1. The molecule has 6 heteroatoms. The summed E-state index contributed by atoms with van der Waals surface area (Å²) in [5.41, 5.74) is 1.18. The second-order valence-electron chi connectivity index (χ2n) is 5.73. The molecular weight excluding hydrogens is 296 g/mol. The third-order valence-corrected chi connectivity index (χ3v) is 4.18. The van der Waals surface area contributed by atoms with Gasteiger partial charge in [-0.05, 0) is 37.3 Å². The maximum atomic E-state index is 12.6. The fraction of sp³-hybridized carbons (Fsp3) is 0.353. The molecule has 1 aromatic heterocycles. The molecule has 0 unspecified atom stereocenters. The number of benzene rings is 1. The highest BCUT2D eigenvalue weighted by Crippen LogP contribution is 2.25. The predicted octanol–water partition coefficient (Wildman–Crippen LogP) is 3.43. The molecule has 1 aromatic carbocycles. The van der Waals surface area contributed by atoms with Crippen LogP contribution in [-0.4, -0.2) is 28.3 Å². The number of furan rings is 1. The average Bonchev–Trinajstić information content (AvgIpc) is 3.06. The molecule has 0 spiro atoms. The number of rotatable bonds is 4. The summed E-state index contributed by atoms with van der Waals surface area (Å²) in [6.07, 6.45) is 3.75. The molecule has 1 amide bonds. The smallest absolute Gasteiger partial charge is 0.395 e. The van der Waals surface area contributed by atoms with Crippen molar-refractivity contribution < 1.29 is 14.1 Å². The Morgan fingerprint density at radius 1 is 1.22 bits per heavy atom. The lowest BCUT2D eigenvalue weighted by Gasteiger charge is -2.35. The Bertz CT molecular complexity index is 696. The zero-order chi connectivity index (χ0) is 16.2. The number of nitro groups is 1. The van der Waals surface area contributed by atoms with E-state index in [1.807, 2.05) is 18.2 Å². The number of hydrogen-bond acceptors (Lipinski definition) is 4. The van der Waals surface area contributed by atoms with Gasteiger partial charge in [-0.1, -0.05) is 30.3 Å². The average molecular weight is 314 g/mol. The van der Waals surface area contributed by atoms with Crippen LogP contribution in [0.2, 0.25) is 0 Å². The van der Waals surface area contributed by atoms with E-state index in [1.54, 1.807) is 4.90 Å². The summed E-state index contributed by atoms with van der Waals surface area (Å²) in [6.45, 7) is 0.658. The molecule has 0 bridgehead atoms. The first kappa shape index (κ1) is 15.3. The van der Waals surface area contributed by atoms with Crippen molar-refractivity contribution in [1.82, 2.24) is 4.90 Å². The topological polar surface area (TPSA) is 76.6 Å². The van der Waals surface area contributed by atoms with Crippen LogP contribution in [-0.2, 0) is 6.42 Å². The molecule has 1 aliphatic heterocycles. The first-order chi connectivity index (χ1) is 11.1. The lowest BCUT2D eigenvalue weighted by Crippen LogP contribution is -2.44. The number of hydrogen-bond donors (Lipinski definition) is 0. The van der Waals surface area contributed by atoms with Crippen molar-refractivity contribution in [3.63, 3.8) is 0 Å². The van der Waals surface area contributed by atoms with Gasteiger partial charge in [-0.2, -0.15) is 0 Å². The minimum absolute atomic E-state index is 0.0386. The molecule has 120 valence electrons. The van der Waals surface area contributed by atoms with Crippen LogP contribution in [0.25, 0.3) is 0 Å². The van der Waals surface area contributed by atoms with Crippen molar-refractivity contribution in [1.29, 1.82) is 0 Å². The Morgan fingerprint density at radius 2 is 2.00 bits per heavy atom. The molecule has 1 saturated heterocycles. The number of piperidine rings is 1. The molecule has 2 heterocycles. The molecule has 3 rings (SSSR count). The van der Waals surface area contributed by atoms with Crippen molar-refractivity contribution in [3.8, 4) is 0 Å². The third kappa shape index (κ3) is 3.41. The number of nitrogens with zero attached hydrogens (tertiary/aromatic N) is 2. The van der Waals surface area contributed by atoms with E-state index >= 15 is 0 Å². The normalized spacial score (nSPS) is 17.9. The van der Waals surface area contributed by atoms with Gasteiger partial charge in [0.25, 0.3) is 5.91 Å². The Morgan fingerprint density at radius 3 is 2.70 bits per heavy atom. The molecular formula is C17H18N2O4. The summed E-state index contributed by atoms with van der Waals surface area (Å²) < 4.78 is 5.07. The van der Waals surface area contributed by atoms with Crippen LogP contribution in [0.1, 0.15) is 35.4 Å². The van der Waals surface area contributed by atoms with Gasteiger partial charge in [0.1, 0.15) is 4.92 Å². The SMILES string of the molecule is O=C(c1ccc([N+](=O)[O-])o1)N1CCCC[C@@H]1Cc1ccccc1. The maximum Gasteiger partial charge on any atom is 0.433 e. The molecule has 0 N–H and O–H groups in total. The number of amides is 1. The molecule has 0 radical (unpaired) electrons. The molecule has 1 atom stereocenters. The van der Waals surface area contributed by atoms with Crippen molar-refractivity contribution in [2.24, 2.45) is 0 Å². The van der Waals surface area contributed by atoms with Crippen molar-refractivity contribution in [2.45, 2.75) is 31.7 Å². The van der Waals surface area contributed by atoms with E-state index in [4.69, 9.17) is 4.42 Å². The van der Waals surface area contributed by atoms with Gasteiger partial charge in [-0.3, -0.25) is 14.9 Å². The lowest BCUT2D eigenvalue weighted by atomic mass is 9.95.